The zero-order valence-corrected chi connectivity index (χ0v) is 10.5. The molecule has 2 amide bonds. The van der Waals surface area contributed by atoms with E-state index >= 15 is 0 Å². The Bertz CT molecular complexity index is 611. The molecule has 0 aliphatic carbocycles. The molecule has 19 heavy (non-hydrogen) atoms. The van der Waals surface area contributed by atoms with Gasteiger partial charge in [-0.15, -0.1) is 0 Å². The maximum absolute atomic E-state index is 11.8. The molecule has 0 spiro atoms. The van der Waals surface area contributed by atoms with Gasteiger partial charge in [-0.3, -0.25) is 0 Å². The number of aryl methyl sites for hydroxylation is 1. The first kappa shape index (κ1) is 12.8. The van der Waals surface area contributed by atoms with Crippen LogP contribution < -0.4 is 16.4 Å². The summed E-state index contributed by atoms with van der Waals surface area (Å²) < 4.78 is 0. The van der Waals surface area contributed by atoms with Crippen molar-refractivity contribution in [1.29, 1.82) is 0 Å². The highest BCUT2D eigenvalue weighted by Gasteiger charge is 2.06. The SMILES string of the molecule is Cc1cccc(NC(=O)Nc2ccc(O)cc2N)c1. The molecule has 0 aliphatic rings. The topological polar surface area (TPSA) is 87.4 Å². The Kier molecular flexibility index (Phi) is 3.56. The molecule has 0 fully saturated rings. The van der Waals surface area contributed by atoms with E-state index in [0.717, 1.165) is 5.56 Å². The summed E-state index contributed by atoms with van der Waals surface area (Å²) in [6.45, 7) is 1.95. The van der Waals surface area contributed by atoms with Crippen molar-refractivity contribution in [2.24, 2.45) is 0 Å². The van der Waals surface area contributed by atoms with Gasteiger partial charge in [-0.05, 0) is 36.8 Å². The van der Waals surface area contributed by atoms with Gasteiger partial charge in [0.1, 0.15) is 5.75 Å². The molecular weight excluding hydrogens is 242 g/mol. The molecule has 0 unspecified atom stereocenters. The number of urea groups is 1. The minimum Gasteiger partial charge on any atom is -0.508 e. The van der Waals surface area contributed by atoms with Gasteiger partial charge < -0.3 is 21.5 Å². The number of rotatable bonds is 2. The summed E-state index contributed by atoms with van der Waals surface area (Å²) in [5.41, 5.74) is 8.20. The Morgan fingerprint density at radius 2 is 1.95 bits per heavy atom. The fourth-order valence-electron chi connectivity index (χ4n) is 1.67. The summed E-state index contributed by atoms with van der Waals surface area (Å²) in [5, 5.41) is 14.6. The highest BCUT2D eigenvalue weighted by atomic mass is 16.3. The number of amides is 2. The van der Waals surface area contributed by atoms with E-state index in [0.29, 0.717) is 17.1 Å². The Hall–Kier alpha value is -2.69. The number of nitrogen functional groups attached to an aromatic ring is 1. The summed E-state index contributed by atoms with van der Waals surface area (Å²) in [5.74, 6) is 0.0575. The molecule has 5 N–H and O–H groups in total. The van der Waals surface area contributed by atoms with Gasteiger partial charge in [0.2, 0.25) is 0 Å². The standard InChI is InChI=1S/C14H15N3O2/c1-9-3-2-4-10(7-9)16-14(19)17-13-6-5-11(18)8-12(13)15/h2-8,18H,15H2,1H3,(H2,16,17,19). The van der Waals surface area contributed by atoms with Gasteiger partial charge in [0.15, 0.2) is 0 Å². The Labute approximate surface area is 111 Å². The molecule has 0 heterocycles. The van der Waals surface area contributed by atoms with Crippen LogP contribution in [0.15, 0.2) is 42.5 Å². The van der Waals surface area contributed by atoms with Crippen LogP contribution in [0.3, 0.4) is 0 Å². The van der Waals surface area contributed by atoms with E-state index < -0.39 is 0 Å². The van der Waals surface area contributed by atoms with Crippen LogP contribution in [0.1, 0.15) is 5.56 Å². The van der Waals surface area contributed by atoms with E-state index in [2.05, 4.69) is 10.6 Å². The average molecular weight is 257 g/mol. The number of phenols is 1. The Morgan fingerprint density at radius 3 is 2.63 bits per heavy atom. The van der Waals surface area contributed by atoms with Crippen molar-refractivity contribution in [3.8, 4) is 5.75 Å². The molecule has 5 nitrogen and oxygen atoms in total. The third kappa shape index (κ3) is 3.38. The van der Waals surface area contributed by atoms with Crippen molar-refractivity contribution in [3.05, 3.63) is 48.0 Å². The van der Waals surface area contributed by atoms with Gasteiger partial charge >= 0.3 is 6.03 Å². The molecule has 0 aromatic heterocycles. The molecular formula is C14H15N3O2. The Balaban J connectivity index is 2.05. The number of nitrogens with one attached hydrogen (secondary N) is 2. The first-order valence-electron chi connectivity index (χ1n) is 5.78. The lowest BCUT2D eigenvalue weighted by atomic mass is 10.2. The van der Waals surface area contributed by atoms with Crippen LogP contribution in [0.2, 0.25) is 0 Å². The summed E-state index contributed by atoms with van der Waals surface area (Å²) in [6.07, 6.45) is 0. The maximum atomic E-state index is 11.8. The fraction of sp³-hybridized carbons (Fsp3) is 0.0714. The lowest BCUT2D eigenvalue weighted by Gasteiger charge is -2.10. The molecule has 0 bridgehead atoms. The third-order valence-electron chi connectivity index (χ3n) is 2.56. The lowest BCUT2D eigenvalue weighted by Crippen LogP contribution is -2.20. The predicted molar refractivity (Wildman–Crippen MR) is 76.3 cm³/mol. The van der Waals surface area contributed by atoms with Crippen LogP contribution in [0.5, 0.6) is 5.75 Å². The van der Waals surface area contributed by atoms with Crippen LogP contribution >= 0.6 is 0 Å². The second kappa shape index (κ2) is 5.30. The molecule has 0 atom stereocenters. The van der Waals surface area contributed by atoms with E-state index in [1.165, 1.54) is 12.1 Å². The molecule has 0 aliphatic heterocycles. The molecule has 98 valence electrons. The van der Waals surface area contributed by atoms with Crippen LogP contribution in [-0.2, 0) is 0 Å². The van der Waals surface area contributed by atoms with E-state index in [1.54, 1.807) is 12.1 Å². The van der Waals surface area contributed by atoms with Gasteiger partial charge in [0.25, 0.3) is 0 Å². The molecule has 0 radical (unpaired) electrons. The fourth-order valence-corrected chi connectivity index (χ4v) is 1.67. The number of aromatic hydroxyl groups is 1. The van der Waals surface area contributed by atoms with Crippen molar-refractivity contribution in [2.45, 2.75) is 6.92 Å². The quantitative estimate of drug-likeness (QED) is 0.492. The normalized spacial score (nSPS) is 9.95. The van der Waals surface area contributed by atoms with E-state index in [-0.39, 0.29) is 11.8 Å². The summed E-state index contributed by atoms with van der Waals surface area (Å²) in [7, 11) is 0. The van der Waals surface area contributed by atoms with Crippen molar-refractivity contribution < 1.29 is 9.90 Å². The Morgan fingerprint density at radius 1 is 1.16 bits per heavy atom. The first-order chi connectivity index (χ1) is 9.04. The molecule has 0 saturated heterocycles. The lowest BCUT2D eigenvalue weighted by molar-refractivity contribution is 0.262. The second-order valence-electron chi connectivity index (χ2n) is 4.22. The average Bonchev–Trinajstić information content (AvgIpc) is 2.33. The monoisotopic (exact) mass is 257 g/mol. The van der Waals surface area contributed by atoms with Crippen LogP contribution in [0.25, 0.3) is 0 Å². The van der Waals surface area contributed by atoms with Gasteiger partial charge in [0, 0.05) is 11.8 Å². The van der Waals surface area contributed by atoms with Crippen molar-refractivity contribution in [2.75, 3.05) is 16.4 Å². The minimum atomic E-state index is -0.386. The molecule has 2 aromatic carbocycles. The molecule has 5 heteroatoms. The zero-order chi connectivity index (χ0) is 13.8. The summed E-state index contributed by atoms with van der Waals surface area (Å²) >= 11 is 0. The van der Waals surface area contributed by atoms with Crippen molar-refractivity contribution in [3.63, 3.8) is 0 Å². The highest BCUT2D eigenvalue weighted by Crippen LogP contribution is 2.23. The smallest absolute Gasteiger partial charge is 0.323 e. The van der Waals surface area contributed by atoms with Crippen molar-refractivity contribution in [1.82, 2.24) is 0 Å². The zero-order valence-electron chi connectivity index (χ0n) is 10.5. The predicted octanol–water partition coefficient (Wildman–Crippen LogP) is 2.93. The van der Waals surface area contributed by atoms with Gasteiger partial charge in [0.05, 0.1) is 11.4 Å². The van der Waals surface area contributed by atoms with Gasteiger partial charge in [-0.25, -0.2) is 4.79 Å². The van der Waals surface area contributed by atoms with E-state index in [4.69, 9.17) is 5.73 Å². The molecule has 0 saturated carbocycles. The van der Waals surface area contributed by atoms with Gasteiger partial charge in [-0.1, -0.05) is 12.1 Å². The number of hydrogen-bond donors (Lipinski definition) is 4. The van der Waals surface area contributed by atoms with Crippen LogP contribution in [0.4, 0.5) is 21.9 Å². The number of hydrogen-bond acceptors (Lipinski definition) is 3. The van der Waals surface area contributed by atoms with E-state index in [9.17, 15) is 9.90 Å². The van der Waals surface area contributed by atoms with E-state index in [1.807, 2.05) is 25.1 Å². The highest BCUT2D eigenvalue weighted by molar-refractivity contribution is 6.01. The number of anilines is 3. The summed E-state index contributed by atoms with van der Waals surface area (Å²) in [6, 6.07) is 11.5. The number of phenolic OH excluding ortho intramolecular Hbond substituents is 1. The minimum absolute atomic E-state index is 0.0575. The number of carbonyl (C=O) groups excluding carboxylic acids is 1. The van der Waals surface area contributed by atoms with Gasteiger partial charge in [-0.2, -0.15) is 0 Å². The largest absolute Gasteiger partial charge is 0.508 e. The third-order valence-corrected chi connectivity index (χ3v) is 2.56. The second-order valence-corrected chi connectivity index (χ2v) is 4.22. The van der Waals surface area contributed by atoms with Crippen molar-refractivity contribution >= 4 is 23.1 Å². The number of nitrogens with two attached hydrogens (primary N) is 1. The number of carbonyl (C=O) groups is 1. The van der Waals surface area contributed by atoms with Crippen LogP contribution in [-0.4, -0.2) is 11.1 Å². The summed E-state index contributed by atoms with van der Waals surface area (Å²) in [4.78, 5) is 11.8. The molecule has 2 rings (SSSR count). The number of benzene rings is 2. The maximum Gasteiger partial charge on any atom is 0.323 e. The van der Waals surface area contributed by atoms with Crippen LogP contribution in [0, 0.1) is 6.92 Å². The molecule has 2 aromatic rings. The first-order valence-corrected chi connectivity index (χ1v) is 5.78.